The molecule has 11 heteroatoms. The molecule has 0 saturated carbocycles. The largest absolute Gasteiger partial charge is 0.433 e. The molecular formula is C14H16F2N4O5. The van der Waals surface area contributed by atoms with Crippen molar-refractivity contribution in [2.24, 2.45) is 11.5 Å². The lowest BCUT2D eigenvalue weighted by molar-refractivity contribution is -0.127. The molecular weight excluding hydrogens is 342 g/mol. The Morgan fingerprint density at radius 2 is 2.08 bits per heavy atom. The number of anilines is 2. The number of benzene rings is 1. The molecule has 5 N–H and O–H groups in total. The maximum absolute atomic E-state index is 12.6. The summed E-state index contributed by atoms with van der Waals surface area (Å²) in [5.41, 5.74) is 10.3. The van der Waals surface area contributed by atoms with Gasteiger partial charge in [-0.3, -0.25) is 14.4 Å². The Balaban J connectivity index is 2.28. The average Bonchev–Trinajstić information content (AvgIpc) is 2.55. The summed E-state index contributed by atoms with van der Waals surface area (Å²) < 4.78 is 34.7. The van der Waals surface area contributed by atoms with Gasteiger partial charge in [-0.15, -0.1) is 0 Å². The van der Waals surface area contributed by atoms with Crippen molar-refractivity contribution in [1.82, 2.24) is 0 Å². The first-order valence-electron chi connectivity index (χ1n) is 7.12. The van der Waals surface area contributed by atoms with Crippen molar-refractivity contribution in [2.75, 3.05) is 30.0 Å². The van der Waals surface area contributed by atoms with Crippen molar-refractivity contribution in [3.05, 3.63) is 18.2 Å². The summed E-state index contributed by atoms with van der Waals surface area (Å²) in [6, 6.07) is 2.19. The van der Waals surface area contributed by atoms with Gasteiger partial charge in [0, 0.05) is 18.3 Å². The Hall–Kier alpha value is -2.79. The Bertz CT molecular complexity index is 685. The van der Waals surface area contributed by atoms with Gasteiger partial charge in [0.05, 0.1) is 12.3 Å². The molecule has 3 amide bonds. The standard InChI is InChI=1S/C14H16F2N4O5/c15-14(16)25-9-5-7(20-3-4-24-6-10(20)21)1-2-8(9)19-13(23)11(17)12(18)22/h1-2,5,11,14H,3-4,6,17H2,(H2,18,22)(H,19,23)/t11-/m0/s1. The molecule has 136 valence electrons. The predicted molar refractivity (Wildman–Crippen MR) is 82.0 cm³/mol. The number of primary amides is 1. The van der Waals surface area contributed by atoms with E-state index in [0.717, 1.165) is 0 Å². The number of nitrogens with two attached hydrogens (primary N) is 2. The van der Waals surface area contributed by atoms with Gasteiger partial charge in [-0.25, -0.2) is 0 Å². The van der Waals surface area contributed by atoms with Crippen molar-refractivity contribution in [1.29, 1.82) is 0 Å². The first-order chi connectivity index (χ1) is 11.8. The smallest absolute Gasteiger partial charge is 0.387 e. The van der Waals surface area contributed by atoms with Crippen LogP contribution in [0.2, 0.25) is 0 Å². The van der Waals surface area contributed by atoms with E-state index in [9.17, 15) is 23.2 Å². The zero-order valence-corrected chi connectivity index (χ0v) is 12.9. The van der Waals surface area contributed by atoms with Gasteiger partial charge in [-0.05, 0) is 12.1 Å². The minimum absolute atomic E-state index is 0.128. The molecule has 0 bridgehead atoms. The van der Waals surface area contributed by atoms with Gasteiger partial charge in [0.25, 0.3) is 11.8 Å². The second-order valence-corrected chi connectivity index (χ2v) is 5.03. The molecule has 1 aromatic carbocycles. The highest BCUT2D eigenvalue weighted by Gasteiger charge is 2.24. The molecule has 1 fully saturated rings. The number of hydrogen-bond donors (Lipinski definition) is 3. The maximum atomic E-state index is 12.6. The fraction of sp³-hybridized carbons (Fsp3) is 0.357. The first-order valence-corrected chi connectivity index (χ1v) is 7.12. The number of rotatable bonds is 6. The number of morpholine rings is 1. The number of halogens is 2. The Kier molecular flexibility index (Phi) is 5.83. The molecule has 0 radical (unpaired) electrons. The normalized spacial score (nSPS) is 15.8. The first kappa shape index (κ1) is 18.5. The number of carbonyl (C=O) groups excluding carboxylic acids is 3. The lowest BCUT2D eigenvalue weighted by atomic mass is 10.2. The van der Waals surface area contributed by atoms with Crippen LogP contribution in [0, 0.1) is 0 Å². The predicted octanol–water partition coefficient (Wildman–Crippen LogP) is -0.598. The van der Waals surface area contributed by atoms with Crippen molar-refractivity contribution >= 4 is 29.1 Å². The number of carbonyl (C=O) groups is 3. The van der Waals surface area contributed by atoms with Gasteiger partial charge >= 0.3 is 6.61 Å². The van der Waals surface area contributed by atoms with Gasteiger partial charge in [0.15, 0.2) is 11.8 Å². The van der Waals surface area contributed by atoms with E-state index < -0.39 is 30.2 Å². The van der Waals surface area contributed by atoms with Crippen molar-refractivity contribution < 1.29 is 32.6 Å². The fourth-order valence-electron chi connectivity index (χ4n) is 2.11. The lowest BCUT2D eigenvalue weighted by Gasteiger charge is -2.27. The second-order valence-electron chi connectivity index (χ2n) is 5.03. The Morgan fingerprint density at radius 1 is 1.36 bits per heavy atom. The third-order valence-electron chi connectivity index (χ3n) is 3.33. The van der Waals surface area contributed by atoms with E-state index >= 15 is 0 Å². The van der Waals surface area contributed by atoms with Gasteiger partial charge in [-0.1, -0.05) is 0 Å². The average molecular weight is 358 g/mol. The summed E-state index contributed by atoms with van der Waals surface area (Å²) in [6.07, 6.45) is 0. The molecule has 1 saturated heterocycles. The van der Waals surface area contributed by atoms with Crippen LogP contribution in [0.3, 0.4) is 0 Å². The summed E-state index contributed by atoms with van der Waals surface area (Å²) in [7, 11) is 0. The topological polar surface area (TPSA) is 137 Å². The molecule has 1 aliphatic heterocycles. The summed E-state index contributed by atoms with van der Waals surface area (Å²) in [5.74, 6) is -2.80. The molecule has 9 nitrogen and oxygen atoms in total. The van der Waals surface area contributed by atoms with Gasteiger partial charge in [0.1, 0.15) is 6.61 Å². The third kappa shape index (κ3) is 4.61. The van der Waals surface area contributed by atoms with Gasteiger partial charge < -0.3 is 31.2 Å². The van der Waals surface area contributed by atoms with Crippen LogP contribution in [0.15, 0.2) is 18.2 Å². The quantitative estimate of drug-likeness (QED) is 0.581. The molecule has 0 spiro atoms. The zero-order chi connectivity index (χ0) is 18.6. The molecule has 0 unspecified atom stereocenters. The van der Waals surface area contributed by atoms with Crippen molar-refractivity contribution in [3.8, 4) is 5.75 Å². The summed E-state index contributed by atoms with van der Waals surface area (Å²) in [4.78, 5) is 35.9. The lowest BCUT2D eigenvalue weighted by Crippen LogP contribution is -2.46. The van der Waals surface area contributed by atoms with Crippen LogP contribution in [0.1, 0.15) is 0 Å². The van der Waals surface area contributed by atoms with E-state index in [-0.39, 0.29) is 24.7 Å². The van der Waals surface area contributed by atoms with Gasteiger partial charge in [0.2, 0.25) is 5.91 Å². The number of ether oxygens (including phenoxy) is 2. The van der Waals surface area contributed by atoms with Crippen LogP contribution in [0.25, 0.3) is 0 Å². The number of amides is 3. The van der Waals surface area contributed by atoms with E-state index in [1.807, 2.05) is 0 Å². The highest BCUT2D eigenvalue weighted by Crippen LogP contribution is 2.32. The monoisotopic (exact) mass is 358 g/mol. The van der Waals surface area contributed by atoms with Crippen LogP contribution in [-0.4, -0.2) is 50.1 Å². The Labute approximate surface area is 140 Å². The molecule has 0 aliphatic carbocycles. The van der Waals surface area contributed by atoms with Crippen LogP contribution in [0.5, 0.6) is 5.75 Å². The van der Waals surface area contributed by atoms with E-state index in [2.05, 4.69) is 10.1 Å². The number of alkyl halides is 2. The van der Waals surface area contributed by atoms with E-state index in [4.69, 9.17) is 16.2 Å². The fourth-order valence-corrected chi connectivity index (χ4v) is 2.11. The number of hydrogen-bond acceptors (Lipinski definition) is 6. The molecule has 1 atom stereocenters. The molecule has 0 aromatic heterocycles. The van der Waals surface area contributed by atoms with Crippen LogP contribution < -0.4 is 26.4 Å². The molecule has 2 rings (SSSR count). The summed E-state index contributed by atoms with van der Waals surface area (Å²) >= 11 is 0. The minimum Gasteiger partial charge on any atom is -0.433 e. The van der Waals surface area contributed by atoms with E-state index in [1.54, 1.807) is 0 Å². The SMILES string of the molecule is NC(=O)[C@H](N)C(=O)Nc1ccc(N2CCOCC2=O)cc1OC(F)F. The molecule has 1 heterocycles. The summed E-state index contributed by atoms with van der Waals surface area (Å²) in [5, 5.41) is 2.19. The third-order valence-corrected chi connectivity index (χ3v) is 3.33. The molecule has 25 heavy (non-hydrogen) atoms. The van der Waals surface area contributed by atoms with Crippen LogP contribution in [0.4, 0.5) is 20.2 Å². The molecule has 1 aliphatic rings. The minimum atomic E-state index is -3.17. The molecule has 1 aromatic rings. The number of nitrogens with one attached hydrogen (secondary N) is 1. The highest BCUT2D eigenvalue weighted by atomic mass is 19.3. The highest BCUT2D eigenvalue weighted by molar-refractivity contribution is 6.10. The zero-order valence-electron chi connectivity index (χ0n) is 12.9. The summed E-state index contributed by atoms with van der Waals surface area (Å²) in [6.45, 7) is -2.76. The van der Waals surface area contributed by atoms with E-state index in [1.165, 1.54) is 23.1 Å². The van der Waals surface area contributed by atoms with Crippen LogP contribution in [-0.2, 0) is 19.1 Å². The van der Waals surface area contributed by atoms with E-state index in [0.29, 0.717) is 12.3 Å². The van der Waals surface area contributed by atoms with Crippen molar-refractivity contribution in [2.45, 2.75) is 12.7 Å². The van der Waals surface area contributed by atoms with Crippen LogP contribution >= 0.6 is 0 Å². The van der Waals surface area contributed by atoms with Crippen molar-refractivity contribution in [3.63, 3.8) is 0 Å². The number of nitrogens with zero attached hydrogens (tertiary/aromatic N) is 1. The Morgan fingerprint density at radius 3 is 2.68 bits per heavy atom. The maximum Gasteiger partial charge on any atom is 0.387 e. The second kappa shape index (κ2) is 7.85. The van der Waals surface area contributed by atoms with Gasteiger partial charge in [-0.2, -0.15) is 8.78 Å².